The van der Waals surface area contributed by atoms with Gasteiger partial charge in [0.15, 0.2) is 0 Å². The molecule has 0 aliphatic carbocycles. The van der Waals surface area contributed by atoms with Crippen molar-refractivity contribution in [1.29, 1.82) is 0 Å². The van der Waals surface area contributed by atoms with Crippen molar-refractivity contribution in [1.82, 2.24) is 4.31 Å². The molecule has 0 aliphatic heterocycles. The van der Waals surface area contributed by atoms with Crippen LogP contribution in [0.1, 0.15) is 26.7 Å². The van der Waals surface area contributed by atoms with E-state index in [1.54, 1.807) is 0 Å². The van der Waals surface area contributed by atoms with Gasteiger partial charge < -0.3 is 0 Å². The Morgan fingerprint density at radius 1 is 1.47 bits per heavy atom. The third-order valence-corrected chi connectivity index (χ3v) is 7.23. The molecule has 0 saturated carbocycles. The van der Waals surface area contributed by atoms with Crippen molar-refractivity contribution in [3.8, 4) is 0 Å². The van der Waals surface area contributed by atoms with Gasteiger partial charge in [0.05, 0.1) is 8.81 Å². The zero-order valence-electron chi connectivity index (χ0n) is 9.74. The highest BCUT2D eigenvalue weighted by Crippen LogP contribution is 2.35. The van der Waals surface area contributed by atoms with Crippen LogP contribution in [0.2, 0.25) is 5.02 Å². The molecule has 1 heterocycles. The maximum atomic E-state index is 12.3. The highest BCUT2D eigenvalue weighted by atomic mass is 79.9. The molecular weight excluding hydrogens is 346 g/mol. The molecule has 0 aliphatic rings. The van der Waals surface area contributed by atoms with E-state index in [2.05, 4.69) is 15.9 Å². The zero-order valence-corrected chi connectivity index (χ0v) is 13.7. The number of halogens is 2. The van der Waals surface area contributed by atoms with E-state index in [9.17, 15) is 8.42 Å². The quantitative estimate of drug-likeness (QED) is 0.769. The molecule has 7 heteroatoms. The normalized spacial score (nSPS) is 12.3. The van der Waals surface area contributed by atoms with Crippen molar-refractivity contribution in [3.63, 3.8) is 0 Å². The van der Waals surface area contributed by atoms with Crippen molar-refractivity contribution < 1.29 is 8.42 Å². The molecule has 0 bridgehead atoms. The monoisotopic (exact) mass is 359 g/mol. The van der Waals surface area contributed by atoms with Gasteiger partial charge in [-0.05, 0) is 28.4 Å². The van der Waals surface area contributed by atoms with E-state index in [4.69, 9.17) is 11.6 Å². The number of rotatable bonds is 6. The highest BCUT2D eigenvalue weighted by molar-refractivity contribution is 9.11. The maximum absolute atomic E-state index is 12.3. The fourth-order valence-electron chi connectivity index (χ4n) is 1.36. The van der Waals surface area contributed by atoms with Gasteiger partial charge in [0.1, 0.15) is 4.21 Å². The van der Waals surface area contributed by atoms with Gasteiger partial charge in [-0.2, -0.15) is 4.31 Å². The molecule has 0 saturated heterocycles. The second-order valence-electron chi connectivity index (χ2n) is 3.54. The summed E-state index contributed by atoms with van der Waals surface area (Å²) in [6.07, 6.45) is 1.84. The van der Waals surface area contributed by atoms with Crippen molar-refractivity contribution in [2.75, 3.05) is 13.1 Å². The van der Waals surface area contributed by atoms with Crippen molar-refractivity contribution in [2.45, 2.75) is 30.9 Å². The second kappa shape index (κ2) is 6.52. The fraction of sp³-hybridized carbons (Fsp3) is 0.600. The minimum Gasteiger partial charge on any atom is -0.206 e. The molecule has 0 fully saturated rings. The number of unbranched alkanes of at least 4 members (excludes halogenated alkanes) is 1. The lowest BCUT2D eigenvalue weighted by molar-refractivity contribution is 0.420. The van der Waals surface area contributed by atoms with Crippen LogP contribution in [0.5, 0.6) is 0 Å². The average molecular weight is 361 g/mol. The van der Waals surface area contributed by atoms with Crippen LogP contribution < -0.4 is 0 Å². The maximum Gasteiger partial charge on any atom is 0.252 e. The van der Waals surface area contributed by atoms with Crippen molar-refractivity contribution in [2.24, 2.45) is 0 Å². The van der Waals surface area contributed by atoms with Crippen LogP contribution >= 0.6 is 38.9 Å². The van der Waals surface area contributed by atoms with Crippen LogP contribution in [0, 0.1) is 0 Å². The molecule has 3 nitrogen and oxygen atoms in total. The smallest absolute Gasteiger partial charge is 0.206 e. The first-order valence-electron chi connectivity index (χ1n) is 5.38. The Kier molecular flexibility index (Phi) is 5.92. The molecule has 1 aromatic heterocycles. The van der Waals surface area contributed by atoms with Crippen LogP contribution in [-0.2, 0) is 10.0 Å². The standard InChI is InChI=1S/C10H15BrClNO2S2/c1-3-5-6-13(4-2)17(14,15)9-7-8(12)10(11)16-9/h7H,3-6H2,1-2H3. The predicted octanol–water partition coefficient (Wildman–Crippen LogP) is 3.97. The third kappa shape index (κ3) is 3.67. The SMILES string of the molecule is CCCCN(CC)S(=O)(=O)c1cc(Cl)c(Br)s1. The molecule has 0 unspecified atom stereocenters. The van der Waals surface area contributed by atoms with Crippen LogP contribution in [0.25, 0.3) is 0 Å². The molecule has 0 amide bonds. The van der Waals surface area contributed by atoms with Gasteiger partial charge in [-0.15, -0.1) is 11.3 Å². The first-order chi connectivity index (χ1) is 7.93. The highest BCUT2D eigenvalue weighted by Gasteiger charge is 2.25. The van der Waals surface area contributed by atoms with E-state index in [1.807, 2.05) is 13.8 Å². The van der Waals surface area contributed by atoms with Crippen molar-refractivity contribution >= 4 is 48.9 Å². The summed E-state index contributed by atoms with van der Waals surface area (Å²) in [6.45, 7) is 4.93. The first kappa shape index (κ1) is 15.4. The molecule has 0 atom stereocenters. The minimum absolute atomic E-state index is 0.298. The van der Waals surface area contributed by atoms with E-state index in [-0.39, 0.29) is 0 Å². The number of thiophene rings is 1. The molecule has 0 spiro atoms. The van der Waals surface area contributed by atoms with E-state index < -0.39 is 10.0 Å². The van der Waals surface area contributed by atoms with Gasteiger partial charge in [0.2, 0.25) is 0 Å². The van der Waals surface area contributed by atoms with Gasteiger partial charge in [0, 0.05) is 13.1 Å². The van der Waals surface area contributed by atoms with Crippen LogP contribution in [0.3, 0.4) is 0 Å². The second-order valence-corrected chi connectivity index (χ2v) is 8.48. The van der Waals surface area contributed by atoms with E-state index >= 15 is 0 Å². The molecule has 98 valence electrons. The number of hydrogen-bond acceptors (Lipinski definition) is 3. The fourth-order valence-corrected chi connectivity index (χ4v) is 5.41. The number of hydrogen-bond donors (Lipinski definition) is 0. The van der Waals surface area contributed by atoms with Gasteiger partial charge in [-0.25, -0.2) is 8.42 Å². The molecule has 0 N–H and O–H groups in total. The molecule has 0 radical (unpaired) electrons. The van der Waals surface area contributed by atoms with E-state index in [0.29, 0.717) is 26.1 Å². The topological polar surface area (TPSA) is 37.4 Å². The lowest BCUT2D eigenvalue weighted by atomic mass is 10.3. The zero-order chi connectivity index (χ0) is 13.1. The summed E-state index contributed by atoms with van der Waals surface area (Å²) in [7, 11) is -3.39. The summed E-state index contributed by atoms with van der Waals surface area (Å²) in [6, 6.07) is 1.50. The predicted molar refractivity (Wildman–Crippen MR) is 76.4 cm³/mol. The summed E-state index contributed by atoms with van der Waals surface area (Å²) in [5.74, 6) is 0. The molecule has 17 heavy (non-hydrogen) atoms. The minimum atomic E-state index is -3.39. The lowest BCUT2D eigenvalue weighted by Gasteiger charge is -2.18. The van der Waals surface area contributed by atoms with Gasteiger partial charge in [0.25, 0.3) is 10.0 Å². The Balaban J connectivity index is 2.99. The number of nitrogens with zero attached hydrogens (tertiary/aromatic N) is 1. The van der Waals surface area contributed by atoms with Crippen molar-refractivity contribution in [3.05, 3.63) is 14.9 Å². The van der Waals surface area contributed by atoms with Gasteiger partial charge in [-0.1, -0.05) is 31.9 Å². The van der Waals surface area contributed by atoms with Crippen LogP contribution in [0.4, 0.5) is 0 Å². The molecule has 1 rings (SSSR count). The largest absolute Gasteiger partial charge is 0.252 e. The van der Waals surface area contributed by atoms with E-state index in [0.717, 1.165) is 24.2 Å². The Morgan fingerprint density at radius 2 is 2.12 bits per heavy atom. The average Bonchev–Trinajstić information content (AvgIpc) is 2.61. The third-order valence-electron chi connectivity index (χ3n) is 2.33. The Labute approximate surface area is 120 Å². The summed E-state index contributed by atoms with van der Waals surface area (Å²) >= 11 is 10.3. The summed E-state index contributed by atoms with van der Waals surface area (Å²) in [4.78, 5) is 0. The van der Waals surface area contributed by atoms with Crippen LogP contribution in [0.15, 0.2) is 14.1 Å². The van der Waals surface area contributed by atoms with Gasteiger partial charge >= 0.3 is 0 Å². The van der Waals surface area contributed by atoms with Crippen LogP contribution in [-0.4, -0.2) is 25.8 Å². The lowest BCUT2D eigenvalue weighted by Crippen LogP contribution is -2.31. The Bertz CT molecular complexity index is 453. The van der Waals surface area contributed by atoms with E-state index in [1.165, 1.54) is 10.4 Å². The summed E-state index contributed by atoms with van der Waals surface area (Å²) < 4.78 is 27.0. The Hall–Kier alpha value is 0.380. The summed E-state index contributed by atoms with van der Waals surface area (Å²) in [5.41, 5.74) is 0. The Morgan fingerprint density at radius 3 is 2.53 bits per heavy atom. The molecular formula is C10H15BrClNO2S2. The first-order valence-corrected chi connectivity index (χ1v) is 8.81. The molecule has 1 aromatic rings. The number of sulfonamides is 1. The summed E-state index contributed by atoms with van der Waals surface area (Å²) in [5, 5.41) is 0.445. The molecule has 0 aromatic carbocycles. The van der Waals surface area contributed by atoms with Gasteiger partial charge in [-0.3, -0.25) is 0 Å².